The molecule has 9 nitrogen and oxygen atoms in total. The van der Waals surface area contributed by atoms with Gasteiger partial charge in [-0.05, 0) is 41.3 Å². The number of rotatable bonds is 5. The highest BCUT2D eigenvalue weighted by Crippen LogP contribution is 2.34. The Morgan fingerprint density at radius 1 is 1.03 bits per heavy atom. The Hall–Kier alpha value is -2.53. The fourth-order valence-electron chi connectivity index (χ4n) is 3.95. The molecule has 2 heterocycles. The van der Waals surface area contributed by atoms with Crippen LogP contribution in [0.3, 0.4) is 0 Å². The van der Waals surface area contributed by atoms with Crippen molar-refractivity contribution in [3.63, 3.8) is 0 Å². The molecule has 0 saturated carbocycles. The molecule has 0 bridgehead atoms. The molecule has 4 rings (SSSR count). The number of ether oxygens (including phenoxy) is 1. The molecule has 2 aromatic rings. The summed E-state index contributed by atoms with van der Waals surface area (Å²) in [6.45, 7) is -0.535. The Bertz CT molecular complexity index is 998. The average Bonchev–Trinajstić information content (AvgIpc) is 3.12. The molecule has 0 radical (unpaired) electrons. The molecule has 170 valence electrons. The van der Waals surface area contributed by atoms with Gasteiger partial charge < -0.3 is 30.5 Å². The topological polar surface area (TPSA) is 140 Å². The smallest absolute Gasteiger partial charge is 0.329 e. The van der Waals surface area contributed by atoms with E-state index in [0.29, 0.717) is 22.7 Å². The molecule has 5 atom stereocenters. The number of aliphatic hydroxyl groups excluding tert-OH is 4. The van der Waals surface area contributed by atoms with Gasteiger partial charge in [0.1, 0.15) is 30.5 Å². The number of aliphatic hydroxyl groups is 4. The van der Waals surface area contributed by atoms with Gasteiger partial charge >= 0.3 is 6.03 Å². The summed E-state index contributed by atoms with van der Waals surface area (Å²) in [6, 6.07) is 11.5. The van der Waals surface area contributed by atoms with Crippen molar-refractivity contribution in [1.82, 2.24) is 5.32 Å². The van der Waals surface area contributed by atoms with Crippen molar-refractivity contribution in [3.8, 4) is 0 Å². The number of anilines is 1. The molecule has 32 heavy (non-hydrogen) atoms. The van der Waals surface area contributed by atoms with Gasteiger partial charge in [-0.25, -0.2) is 9.69 Å². The molecular formula is C22H23ClN2O7. The number of imide groups is 1. The lowest BCUT2D eigenvalue weighted by molar-refractivity contribution is -0.231. The van der Waals surface area contributed by atoms with Gasteiger partial charge in [0.25, 0.3) is 5.91 Å². The number of benzene rings is 2. The SMILES string of the molecule is O=C1CNC(=O)N1c1ccc(Cc2cc([C@@H]3O[C@H](CO)[C@@H](O)[C@H](O)[C@@H]3O)ccc2Cl)cc1. The summed E-state index contributed by atoms with van der Waals surface area (Å²) in [5, 5.41) is 42.8. The van der Waals surface area contributed by atoms with Crippen LogP contribution in [0.2, 0.25) is 5.02 Å². The van der Waals surface area contributed by atoms with Gasteiger partial charge in [0, 0.05) is 5.02 Å². The van der Waals surface area contributed by atoms with Crippen LogP contribution in [-0.2, 0) is 16.0 Å². The highest BCUT2D eigenvalue weighted by Gasteiger charge is 2.44. The molecule has 0 unspecified atom stereocenters. The van der Waals surface area contributed by atoms with Gasteiger partial charge in [-0.15, -0.1) is 0 Å². The highest BCUT2D eigenvalue weighted by atomic mass is 35.5. The molecule has 0 spiro atoms. The maximum Gasteiger partial charge on any atom is 0.329 e. The molecule has 2 aliphatic rings. The number of nitrogens with one attached hydrogen (secondary N) is 1. The number of hydrogen-bond donors (Lipinski definition) is 5. The first-order valence-electron chi connectivity index (χ1n) is 10.1. The standard InChI is InChI=1S/C22H23ClN2O7/c23-15-6-3-12(21-20(30)19(29)18(28)16(10-26)32-21)8-13(15)7-11-1-4-14(5-2-11)25-17(27)9-24-22(25)31/h1-6,8,16,18-21,26,28-30H,7,9-10H2,(H,24,31)/t16-,18-,19+,20+,21+/m1/s1. The van der Waals surface area contributed by atoms with Gasteiger partial charge in [0.2, 0.25) is 0 Å². The van der Waals surface area contributed by atoms with Crippen LogP contribution < -0.4 is 10.2 Å². The number of carbonyl (C=O) groups excluding carboxylic acids is 2. The summed E-state index contributed by atoms with van der Waals surface area (Å²) in [5.74, 6) is -0.321. The van der Waals surface area contributed by atoms with Crippen molar-refractivity contribution in [3.05, 3.63) is 64.2 Å². The number of urea groups is 1. The number of amides is 3. The third-order valence-corrected chi connectivity index (χ3v) is 6.09. The number of hydrogen-bond acceptors (Lipinski definition) is 7. The van der Waals surface area contributed by atoms with Gasteiger partial charge in [0.15, 0.2) is 0 Å². The molecule has 2 fully saturated rings. The minimum atomic E-state index is -1.47. The van der Waals surface area contributed by atoms with Crippen LogP contribution >= 0.6 is 11.6 Å². The fraction of sp³-hybridized carbons (Fsp3) is 0.364. The monoisotopic (exact) mass is 462 g/mol. The zero-order valence-corrected chi connectivity index (χ0v) is 17.6. The van der Waals surface area contributed by atoms with Gasteiger partial charge in [-0.3, -0.25) is 4.79 Å². The van der Waals surface area contributed by atoms with E-state index >= 15 is 0 Å². The first-order valence-corrected chi connectivity index (χ1v) is 10.5. The summed E-state index contributed by atoms with van der Waals surface area (Å²) in [6.07, 6.45) is -5.82. The molecule has 5 N–H and O–H groups in total. The van der Waals surface area contributed by atoms with Crippen LogP contribution in [0.1, 0.15) is 22.8 Å². The van der Waals surface area contributed by atoms with Crippen LogP contribution in [0.25, 0.3) is 0 Å². The van der Waals surface area contributed by atoms with Crippen LogP contribution in [0.4, 0.5) is 10.5 Å². The van der Waals surface area contributed by atoms with Crippen molar-refractivity contribution < 1.29 is 34.8 Å². The fourth-order valence-corrected chi connectivity index (χ4v) is 4.14. The van der Waals surface area contributed by atoms with E-state index in [9.17, 15) is 30.0 Å². The predicted molar refractivity (Wildman–Crippen MR) is 114 cm³/mol. The van der Waals surface area contributed by atoms with E-state index in [4.69, 9.17) is 16.3 Å². The second-order valence-corrected chi connectivity index (χ2v) is 8.24. The van der Waals surface area contributed by atoms with Crippen LogP contribution in [0.5, 0.6) is 0 Å². The maximum absolute atomic E-state index is 11.9. The zero-order valence-electron chi connectivity index (χ0n) is 16.9. The minimum Gasteiger partial charge on any atom is -0.394 e. The van der Waals surface area contributed by atoms with Crippen molar-refractivity contribution in [1.29, 1.82) is 0 Å². The highest BCUT2D eigenvalue weighted by molar-refractivity contribution is 6.31. The normalized spacial score (nSPS) is 28.2. The van der Waals surface area contributed by atoms with Crippen molar-refractivity contribution in [2.75, 3.05) is 18.1 Å². The molecule has 2 saturated heterocycles. The van der Waals surface area contributed by atoms with Gasteiger partial charge in [-0.1, -0.05) is 35.9 Å². The second-order valence-electron chi connectivity index (χ2n) is 7.83. The lowest BCUT2D eigenvalue weighted by Crippen LogP contribution is -2.55. The summed E-state index contributed by atoms with van der Waals surface area (Å²) < 4.78 is 5.63. The van der Waals surface area contributed by atoms with Crippen LogP contribution in [0, 0.1) is 0 Å². The number of carbonyl (C=O) groups is 2. The van der Waals surface area contributed by atoms with Crippen LogP contribution in [0.15, 0.2) is 42.5 Å². The lowest BCUT2D eigenvalue weighted by Gasteiger charge is -2.40. The third kappa shape index (κ3) is 4.23. The Labute approximate surface area is 188 Å². The van der Waals surface area contributed by atoms with Gasteiger partial charge in [0.05, 0.1) is 18.8 Å². The minimum absolute atomic E-state index is 0.0268. The van der Waals surface area contributed by atoms with Crippen molar-refractivity contribution in [2.45, 2.75) is 36.9 Å². The zero-order chi connectivity index (χ0) is 23.0. The lowest BCUT2D eigenvalue weighted by atomic mass is 9.90. The molecule has 2 aliphatic heterocycles. The Kier molecular flexibility index (Phi) is 6.47. The van der Waals surface area contributed by atoms with E-state index in [-0.39, 0.29) is 12.5 Å². The summed E-state index contributed by atoms with van der Waals surface area (Å²) in [7, 11) is 0. The quantitative estimate of drug-likeness (QED) is 0.408. The number of halogens is 1. The van der Waals surface area contributed by atoms with E-state index in [0.717, 1.165) is 16.0 Å². The van der Waals surface area contributed by atoms with Gasteiger partial charge in [-0.2, -0.15) is 0 Å². The first-order chi connectivity index (χ1) is 15.3. The third-order valence-electron chi connectivity index (χ3n) is 5.72. The molecule has 0 aliphatic carbocycles. The molecule has 0 aromatic heterocycles. The Morgan fingerprint density at radius 2 is 1.75 bits per heavy atom. The number of nitrogens with zero attached hydrogens (tertiary/aromatic N) is 1. The maximum atomic E-state index is 11.9. The Balaban J connectivity index is 1.54. The molecule has 2 aromatic carbocycles. The van der Waals surface area contributed by atoms with Crippen molar-refractivity contribution in [2.24, 2.45) is 0 Å². The summed E-state index contributed by atoms with van der Waals surface area (Å²) in [5.41, 5.74) is 2.60. The van der Waals surface area contributed by atoms with E-state index in [2.05, 4.69) is 5.32 Å². The van der Waals surface area contributed by atoms with E-state index < -0.39 is 43.2 Å². The largest absolute Gasteiger partial charge is 0.394 e. The van der Waals surface area contributed by atoms with E-state index in [1.54, 1.807) is 42.5 Å². The van der Waals surface area contributed by atoms with Crippen LogP contribution in [-0.4, -0.2) is 69.9 Å². The van der Waals surface area contributed by atoms with Crippen molar-refractivity contribution >= 4 is 29.2 Å². The predicted octanol–water partition coefficient (Wildman–Crippen LogP) is 0.502. The van der Waals surface area contributed by atoms with E-state index in [1.165, 1.54) is 0 Å². The molecule has 10 heteroatoms. The first kappa shape index (κ1) is 22.7. The molecule has 3 amide bonds. The summed E-state index contributed by atoms with van der Waals surface area (Å²) in [4.78, 5) is 24.7. The molecular weight excluding hydrogens is 440 g/mol. The summed E-state index contributed by atoms with van der Waals surface area (Å²) >= 11 is 6.36. The Morgan fingerprint density at radius 3 is 2.38 bits per heavy atom. The second kappa shape index (κ2) is 9.14. The average molecular weight is 463 g/mol. The van der Waals surface area contributed by atoms with E-state index in [1.807, 2.05) is 0 Å².